The molecule has 3 aromatic rings. The van der Waals surface area contributed by atoms with Gasteiger partial charge in [0.1, 0.15) is 17.4 Å². The standard InChI is InChI=1S/C29H36N4O4/c1-3-4-16-37-29(23-8-6-5-7-9-23)19-33(20-29)28(35)26(17-22-10-13-25(36-2)14-11-22)32-18-24(31-21-32)12-15-27(30)34/h5-11,13-14,18,21,26H,3-4,12,15-17,19-20H2,1-2H3,(H2,30,34)/t26-/m1/s1. The summed E-state index contributed by atoms with van der Waals surface area (Å²) in [6.45, 7) is 3.80. The Hall–Kier alpha value is -3.65. The molecule has 0 unspecified atom stereocenters. The number of nitrogens with two attached hydrogens (primary N) is 1. The van der Waals surface area contributed by atoms with Crippen molar-refractivity contribution in [2.24, 2.45) is 5.73 Å². The molecule has 0 aliphatic carbocycles. The van der Waals surface area contributed by atoms with E-state index in [1.165, 1.54) is 0 Å². The van der Waals surface area contributed by atoms with Crippen molar-refractivity contribution in [1.82, 2.24) is 14.5 Å². The third kappa shape index (κ3) is 6.38. The van der Waals surface area contributed by atoms with Gasteiger partial charge in [0, 0.05) is 25.6 Å². The number of primary amides is 1. The van der Waals surface area contributed by atoms with Gasteiger partial charge in [0.15, 0.2) is 0 Å². The lowest BCUT2D eigenvalue weighted by Gasteiger charge is -2.51. The van der Waals surface area contributed by atoms with Crippen LogP contribution in [0.3, 0.4) is 0 Å². The van der Waals surface area contributed by atoms with Crippen LogP contribution in [-0.4, -0.2) is 53.1 Å². The van der Waals surface area contributed by atoms with Crippen molar-refractivity contribution in [2.75, 3.05) is 26.8 Å². The lowest BCUT2D eigenvalue weighted by Crippen LogP contribution is -2.63. The largest absolute Gasteiger partial charge is 0.497 e. The van der Waals surface area contributed by atoms with Gasteiger partial charge in [-0.15, -0.1) is 0 Å². The monoisotopic (exact) mass is 504 g/mol. The van der Waals surface area contributed by atoms with Gasteiger partial charge in [0.2, 0.25) is 11.8 Å². The van der Waals surface area contributed by atoms with E-state index < -0.39 is 11.6 Å². The molecule has 0 radical (unpaired) electrons. The second-order valence-electron chi connectivity index (χ2n) is 9.60. The van der Waals surface area contributed by atoms with Crippen LogP contribution in [0, 0.1) is 0 Å². The van der Waals surface area contributed by atoms with E-state index in [9.17, 15) is 9.59 Å². The maximum atomic E-state index is 13.9. The summed E-state index contributed by atoms with van der Waals surface area (Å²) in [7, 11) is 1.63. The Kier molecular flexibility index (Phi) is 8.61. The van der Waals surface area contributed by atoms with Gasteiger partial charge in [-0.2, -0.15) is 0 Å². The molecule has 8 heteroatoms. The number of unbranched alkanes of at least 4 members (excludes halogenated alkanes) is 1. The van der Waals surface area contributed by atoms with Gasteiger partial charge in [-0.3, -0.25) is 9.59 Å². The number of hydrogen-bond acceptors (Lipinski definition) is 5. The number of carbonyl (C=O) groups is 2. The van der Waals surface area contributed by atoms with Gasteiger partial charge in [-0.1, -0.05) is 55.8 Å². The van der Waals surface area contributed by atoms with Gasteiger partial charge in [0.25, 0.3) is 0 Å². The molecule has 37 heavy (non-hydrogen) atoms. The van der Waals surface area contributed by atoms with E-state index in [0.29, 0.717) is 32.5 Å². The Morgan fingerprint density at radius 1 is 1.11 bits per heavy atom. The number of aromatic nitrogens is 2. The van der Waals surface area contributed by atoms with Gasteiger partial charge < -0.3 is 24.7 Å². The highest BCUT2D eigenvalue weighted by molar-refractivity contribution is 5.82. The number of likely N-dealkylation sites (tertiary alicyclic amines) is 1. The van der Waals surface area contributed by atoms with Crippen LogP contribution in [0.4, 0.5) is 0 Å². The van der Waals surface area contributed by atoms with E-state index in [4.69, 9.17) is 15.2 Å². The average molecular weight is 505 g/mol. The zero-order valence-electron chi connectivity index (χ0n) is 21.6. The fourth-order valence-electron chi connectivity index (χ4n) is 4.68. The smallest absolute Gasteiger partial charge is 0.246 e. The summed E-state index contributed by atoms with van der Waals surface area (Å²) in [5.41, 5.74) is 7.66. The predicted molar refractivity (Wildman–Crippen MR) is 141 cm³/mol. The van der Waals surface area contributed by atoms with Crippen molar-refractivity contribution in [3.63, 3.8) is 0 Å². The summed E-state index contributed by atoms with van der Waals surface area (Å²) in [5.74, 6) is 0.407. The van der Waals surface area contributed by atoms with Crippen LogP contribution in [-0.2, 0) is 32.8 Å². The number of imidazole rings is 1. The van der Waals surface area contributed by atoms with Gasteiger partial charge in [-0.05, 0) is 36.1 Å². The topological polar surface area (TPSA) is 99.7 Å². The number of carbonyl (C=O) groups excluding carboxylic acids is 2. The first-order valence-electron chi connectivity index (χ1n) is 12.9. The molecule has 1 aliphatic heterocycles. The highest BCUT2D eigenvalue weighted by atomic mass is 16.5. The summed E-state index contributed by atoms with van der Waals surface area (Å²) < 4.78 is 13.5. The number of rotatable bonds is 13. The first-order chi connectivity index (χ1) is 17.9. The van der Waals surface area contributed by atoms with Gasteiger partial charge in [-0.25, -0.2) is 4.98 Å². The molecule has 1 aromatic heterocycles. The number of methoxy groups -OCH3 is 1. The van der Waals surface area contributed by atoms with Crippen LogP contribution in [0.15, 0.2) is 67.1 Å². The number of hydrogen-bond donors (Lipinski definition) is 1. The number of benzene rings is 2. The Labute approximate surface area is 218 Å². The Balaban J connectivity index is 1.55. The molecule has 8 nitrogen and oxygen atoms in total. The molecular formula is C29H36N4O4. The molecule has 1 fully saturated rings. The normalized spacial score (nSPS) is 15.1. The number of ether oxygens (including phenoxy) is 2. The van der Waals surface area contributed by atoms with E-state index in [-0.39, 0.29) is 18.2 Å². The average Bonchev–Trinajstić information content (AvgIpc) is 3.37. The lowest BCUT2D eigenvalue weighted by atomic mass is 9.84. The predicted octanol–water partition coefficient (Wildman–Crippen LogP) is 3.65. The van der Waals surface area contributed by atoms with Gasteiger partial charge in [0.05, 0.1) is 32.2 Å². The first kappa shape index (κ1) is 26.4. The third-order valence-electron chi connectivity index (χ3n) is 6.90. The summed E-state index contributed by atoms with van der Waals surface area (Å²) in [6.07, 6.45) is 6.70. The van der Waals surface area contributed by atoms with E-state index in [1.807, 2.05) is 58.1 Å². The molecule has 1 atom stereocenters. The van der Waals surface area contributed by atoms with E-state index in [2.05, 4.69) is 24.0 Å². The van der Waals surface area contributed by atoms with Crippen LogP contribution in [0.1, 0.15) is 49.0 Å². The molecule has 1 aliphatic rings. The zero-order chi connectivity index (χ0) is 26.3. The Morgan fingerprint density at radius 3 is 2.49 bits per heavy atom. The maximum Gasteiger partial charge on any atom is 0.246 e. The lowest BCUT2D eigenvalue weighted by molar-refractivity contribution is -0.176. The van der Waals surface area contributed by atoms with Crippen molar-refractivity contribution in [3.05, 3.63) is 83.9 Å². The molecule has 196 valence electrons. The fourth-order valence-corrected chi connectivity index (χ4v) is 4.68. The molecule has 4 rings (SSSR count). The minimum atomic E-state index is -0.488. The van der Waals surface area contributed by atoms with E-state index >= 15 is 0 Å². The van der Waals surface area contributed by atoms with Crippen molar-refractivity contribution >= 4 is 11.8 Å². The SMILES string of the molecule is CCCCOC1(c2ccccc2)CN(C(=O)[C@@H](Cc2ccc(OC)cc2)n2cnc(CCC(N)=O)c2)C1. The molecule has 2 N–H and O–H groups in total. The Bertz CT molecular complexity index is 1170. The molecule has 1 saturated heterocycles. The van der Waals surface area contributed by atoms with Crippen LogP contribution >= 0.6 is 0 Å². The summed E-state index contributed by atoms with van der Waals surface area (Å²) in [6, 6.07) is 17.4. The third-order valence-corrected chi connectivity index (χ3v) is 6.90. The van der Waals surface area contributed by atoms with Crippen LogP contribution < -0.4 is 10.5 Å². The highest BCUT2D eigenvalue weighted by Crippen LogP contribution is 2.38. The molecule has 0 bridgehead atoms. The second-order valence-corrected chi connectivity index (χ2v) is 9.60. The molecule has 0 saturated carbocycles. The van der Waals surface area contributed by atoms with Crippen LogP contribution in [0.2, 0.25) is 0 Å². The minimum Gasteiger partial charge on any atom is -0.497 e. The number of amides is 2. The quantitative estimate of drug-likeness (QED) is 0.358. The first-order valence-corrected chi connectivity index (χ1v) is 12.9. The van der Waals surface area contributed by atoms with Crippen molar-refractivity contribution in [1.29, 1.82) is 0 Å². The summed E-state index contributed by atoms with van der Waals surface area (Å²) in [5, 5.41) is 0. The van der Waals surface area contributed by atoms with Crippen LogP contribution in [0.25, 0.3) is 0 Å². The minimum absolute atomic E-state index is 0.0142. The van der Waals surface area contributed by atoms with Crippen LogP contribution in [0.5, 0.6) is 5.75 Å². The van der Waals surface area contributed by atoms with Crippen molar-refractivity contribution in [2.45, 2.75) is 50.7 Å². The highest BCUT2D eigenvalue weighted by Gasteiger charge is 2.49. The van der Waals surface area contributed by atoms with Gasteiger partial charge >= 0.3 is 0 Å². The number of aryl methyl sites for hydroxylation is 1. The summed E-state index contributed by atoms with van der Waals surface area (Å²) in [4.78, 5) is 31.4. The Morgan fingerprint density at radius 2 is 1.84 bits per heavy atom. The van der Waals surface area contributed by atoms with Crippen molar-refractivity contribution < 1.29 is 19.1 Å². The zero-order valence-corrected chi connectivity index (χ0v) is 21.6. The fraction of sp³-hybridized carbons (Fsp3) is 0.414. The molecule has 2 aromatic carbocycles. The number of nitrogens with zero attached hydrogens (tertiary/aromatic N) is 3. The summed E-state index contributed by atoms with van der Waals surface area (Å²) >= 11 is 0. The maximum absolute atomic E-state index is 13.9. The van der Waals surface area contributed by atoms with Crippen molar-refractivity contribution in [3.8, 4) is 5.75 Å². The van der Waals surface area contributed by atoms with E-state index in [1.54, 1.807) is 13.4 Å². The molecule has 0 spiro atoms. The molecule has 2 amide bonds. The second kappa shape index (κ2) is 12.1. The van der Waals surface area contributed by atoms with E-state index in [0.717, 1.165) is 35.4 Å². The molecule has 2 heterocycles. The molecular weight excluding hydrogens is 468 g/mol.